The third-order valence-corrected chi connectivity index (χ3v) is 7.06. The minimum atomic E-state index is -0.896. The molecule has 10 heteroatoms. The molecule has 188 valence electrons. The van der Waals surface area contributed by atoms with E-state index in [4.69, 9.17) is 0 Å². The van der Waals surface area contributed by atoms with Crippen LogP contribution in [0.15, 0.2) is 54.7 Å². The normalized spacial score (nSPS) is 15.5. The number of amides is 3. The summed E-state index contributed by atoms with van der Waals surface area (Å²) < 4.78 is 4.46. The van der Waals surface area contributed by atoms with Gasteiger partial charge in [0.1, 0.15) is 5.82 Å². The molecule has 0 aliphatic carbocycles. The van der Waals surface area contributed by atoms with Gasteiger partial charge >= 0.3 is 12.0 Å². The van der Waals surface area contributed by atoms with Crippen LogP contribution in [0.5, 0.6) is 0 Å². The van der Waals surface area contributed by atoms with Crippen molar-refractivity contribution in [3.63, 3.8) is 0 Å². The zero-order chi connectivity index (χ0) is 25.7. The zero-order valence-electron chi connectivity index (χ0n) is 20.2. The average Bonchev–Trinajstić information content (AvgIpc) is 3.50. The molecule has 3 heterocycles. The minimum absolute atomic E-state index is 0.00245. The SMILES string of the molecule is CC(C)(Cc1cc(C2CCCN2C(=O)Cc2ccc(NC(=O)Nc3ccccc3)nc2)sn1)C(=O)O. The zero-order valence-corrected chi connectivity index (χ0v) is 21.0. The van der Waals surface area contributed by atoms with E-state index in [1.807, 2.05) is 29.2 Å². The largest absolute Gasteiger partial charge is 0.481 e. The number of para-hydroxylation sites is 1. The first-order valence-corrected chi connectivity index (χ1v) is 12.5. The van der Waals surface area contributed by atoms with Gasteiger partial charge in [-0.2, -0.15) is 4.37 Å². The van der Waals surface area contributed by atoms with Crippen LogP contribution in [0.25, 0.3) is 0 Å². The molecule has 1 aliphatic rings. The van der Waals surface area contributed by atoms with Crippen LogP contribution >= 0.6 is 11.5 Å². The predicted molar refractivity (Wildman–Crippen MR) is 138 cm³/mol. The van der Waals surface area contributed by atoms with Crippen molar-refractivity contribution in [3.8, 4) is 0 Å². The Labute approximate surface area is 213 Å². The van der Waals surface area contributed by atoms with Crippen molar-refractivity contribution < 1.29 is 19.5 Å². The Morgan fingerprint density at radius 1 is 1.14 bits per heavy atom. The lowest BCUT2D eigenvalue weighted by Gasteiger charge is -2.23. The maximum atomic E-state index is 13.1. The van der Waals surface area contributed by atoms with Gasteiger partial charge in [-0.3, -0.25) is 14.9 Å². The molecule has 0 radical (unpaired) electrons. The summed E-state index contributed by atoms with van der Waals surface area (Å²) in [7, 11) is 0. The number of urea groups is 1. The van der Waals surface area contributed by atoms with Gasteiger partial charge in [-0.1, -0.05) is 24.3 Å². The van der Waals surface area contributed by atoms with Crippen molar-refractivity contribution in [1.29, 1.82) is 0 Å². The number of pyridine rings is 1. The van der Waals surface area contributed by atoms with E-state index in [-0.39, 0.29) is 18.4 Å². The van der Waals surface area contributed by atoms with Crippen LogP contribution in [0, 0.1) is 5.41 Å². The molecule has 2 aromatic heterocycles. The van der Waals surface area contributed by atoms with E-state index in [0.717, 1.165) is 29.0 Å². The molecule has 3 aromatic rings. The Bertz CT molecular complexity index is 1230. The lowest BCUT2D eigenvalue weighted by molar-refractivity contribution is -0.146. The van der Waals surface area contributed by atoms with Gasteiger partial charge in [-0.15, -0.1) is 0 Å². The Balaban J connectivity index is 1.34. The molecule has 9 nitrogen and oxygen atoms in total. The second kappa shape index (κ2) is 10.9. The molecule has 1 aromatic carbocycles. The highest BCUT2D eigenvalue weighted by atomic mass is 32.1. The lowest BCUT2D eigenvalue weighted by atomic mass is 9.88. The molecule has 0 saturated carbocycles. The summed E-state index contributed by atoms with van der Waals surface area (Å²) >= 11 is 1.34. The third-order valence-electron chi connectivity index (χ3n) is 6.13. The van der Waals surface area contributed by atoms with E-state index >= 15 is 0 Å². The van der Waals surface area contributed by atoms with Crippen LogP contribution in [0.2, 0.25) is 0 Å². The van der Waals surface area contributed by atoms with E-state index in [1.165, 1.54) is 11.5 Å². The van der Waals surface area contributed by atoms with Gasteiger partial charge in [-0.05, 0) is 68.1 Å². The molecule has 36 heavy (non-hydrogen) atoms. The highest BCUT2D eigenvalue weighted by Crippen LogP contribution is 2.36. The summed E-state index contributed by atoms with van der Waals surface area (Å²) in [6, 6.07) is 14.1. The van der Waals surface area contributed by atoms with E-state index in [1.54, 1.807) is 44.3 Å². The molecule has 1 atom stereocenters. The maximum Gasteiger partial charge on any atom is 0.324 e. The van der Waals surface area contributed by atoms with E-state index in [0.29, 0.717) is 24.5 Å². The molecule has 1 aliphatic heterocycles. The predicted octanol–water partition coefficient (Wildman–Crippen LogP) is 4.74. The van der Waals surface area contributed by atoms with Crippen LogP contribution in [0.1, 0.15) is 48.9 Å². The number of nitrogens with zero attached hydrogens (tertiary/aromatic N) is 3. The van der Waals surface area contributed by atoms with Gasteiger partial charge in [0.05, 0.1) is 23.6 Å². The van der Waals surface area contributed by atoms with Crippen molar-refractivity contribution in [2.75, 3.05) is 17.2 Å². The van der Waals surface area contributed by atoms with Gasteiger partial charge in [-0.25, -0.2) is 9.78 Å². The fraction of sp³-hybridized carbons (Fsp3) is 0.346. The Morgan fingerprint density at radius 3 is 2.61 bits per heavy atom. The van der Waals surface area contributed by atoms with Gasteiger partial charge in [0.25, 0.3) is 0 Å². The van der Waals surface area contributed by atoms with Gasteiger partial charge < -0.3 is 15.3 Å². The van der Waals surface area contributed by atoms with E-state index in [2.05, 4.69) is 20.0 Å². The monoisotopic (exact) mass is 507 g/mol. The summed E-state index contributed by atoms with van der Waals surface area (Å²) in [5, 5.41) is 14.8. The number of nitrogens with one attached hydrogen (secondary N) is 2. The number of aliphatic carboxylic acids is 1. The van der Waals surface area contributed by atoms with Crippen LogP contribution < -0.4 is 10.6 Å². The average molecular weight is 508 g/mol. The van der Waals surface area contributed by atoms with E-state index < -0.39 is 17.4 Å². The first-order chi connectivity index (χ1) is 17.2. The number of hydrogen-bond acceptors (Lipinski definition) is 6. The number of anilines is 2. The smallest absolute Gasteiger partial charge is 0.324 e. The number of aromatic nitrogens is 2. The number of carboxylic acid groups (broad SMARTS) is 1. The number of carboxylic acids is 1. The number of hydrogen-bond donors (Lipinski definition) is 3. The number of carbonyl (C=O) groups excluding carboxylic acids is 2. The molecule has 1 saturated heterocycles. The number of rotatable bonds is 8. The second-order valence-electron chi connectivity index (χ2n) is 9.51. The summed E-state index contributed by atoms with van der Waals surface area (Å²) in [6.07, 6.45) is 3.90. The van der Waals surface area contributed by atoms with Crippen LogP contribution in [0.4, 0.5) is 16.3 Å². The molecule has 1 fully saturated rings. The van der Waals surface area contributed by atoms with Crippen LogP contribution in [-0.4, -0.2) is 43.8 Å². The third kappa shape index (κ3) is 6.25. The van der Waals surface area contributed by atoms with E-state index in [9.17, 15) is 19.5 Å². The molecule has 0 bridgehead atoms. The number of likely N-dealkylation sites (tertiary alicyclic amines) is 1. The first kappa shape index (κ1) is 25.3. The number of benzene rings is 1. The molecular formula is C26H29N5O4S. The van der Waals surface area contributed by atoms with Gasteiger partial charge in [0.2, 0.25) is 5.91 Å². The number of carbonyl (C=O) groups is 3. The van der Waals surface area contributed by atoms with Crippen LogP contribution in [-0.2, 0) is 22.4 Å². The minimum Gasteiger partial charge on any atom is -0.481 e. The lowest BCUT2D eigenvalue weighted by Crippen LogP contribution is -2.31. The molecule has 3 N–H and O–H groups in total. The second-order valence-corrected chi connectivity index (χ2v) is 10.3. The Hall–Kier alpha value is -3.79. The van der Waals surface area contributed by atoms with Crippen molar-refractivity contribution >= 4 is 40.9 Å². The van der Waals surface area contributed by atoms with Gasteiger partial charge in [0.15, 0.2) is 0 Å². The molecule has 4 rings (SSSR count). The summed E-state index contributed by atoms with van der Waals surface area (Å²) in [4.78, 5) is 43.8. The van der Waals surface area contributed by atoms with Crippen LogP contribution in [0.3, 0.4) is 0 Å². The Kier molecular flexibility index (Phi) is 7.64. The fourth-order valence-corrected chi connectivity index (χ4v) is 5.03. The standard InChI is InChI=1S/C26H29N5O4S/c1-26(2,24(33)34)15-19-14-21(36-30-19)20-9-6-12-31(20)23(32)13-17-10-11-22(27-16-17)29-25(35)28-18-7-4-3-5-8-18/h3-5,7-8,10-11,14,16,20H,6,9,12-13,15H2,1-2H3,(H,33,34)(H2,27,28,29,35). The van der Waals surface area contributed by atoms with Crippen molar-refractivity contribution in [2.45, 2.75) is 45.6 Å². The van der Waals surface area contributed by atoms with Crippen molar-refractivity contribution in [2.24, 2.45) is 5.41 Å². The maximum absolute atomic E-state index is 13.1. The van der Waals surface area contributed by atoms with Gasteiger partial charge in [0, 0.05) is 29.7 Å². The summed E-state index contributed by atoms with van der Waals surface area (Å²) in [5.41, 5.74) is 1.28. The van der Waals surface area contributed by atoms with Crippen molar-refractivity contribution in [1.82, 2.24) is 14.3 Å². The molecular weight excluding hydrogens is 478 g/mol. The highest BCUT2D eigenvalue weighted by Gasteiger charge is 2.33. The first-order valence-electron chi connectivity index (χ1n) is 11.8. The molecule has 3 amide bonds. The molecule has 1 unspecified atom stereocenters. The Morgan fingerprint density at radius 2 is 1.92 bits per heavy atom. The highest BCUT2D eigenvalue weighted by molar-refractivity contribution is 7.05. The topological polar surface area (TPSA) is 125 Å². The fourth-order valence-electron chi connectivity index (χ4n) is 4.14. The quantitative estimate of drug-likeness (QED) is 0.404. The molecule has 0 spiro atoms. The summed E-state index contributed by atoms with van der Waals surface area (Å²) in [5.74, 6) is -0.468. The van der Waals surface area contributed by atoms with Crippen molar-refractivity contribution in [3.05, 3.63) is 70.9 Å². The summed E-state index contributed by atoms with van der Waals surface area (Å²) in [6.45, 7) is 4.04.